The van der Waals surface area contributed by atoms with Gasteiger partial charge in [0.1, 0.15) is 41.2 Å². The van der Waals surface area contributed by atoms with Gasteiger partial charge in [0.15, 0.2) is 6.23 Å². The molecule has 2 saturated carbocycles. The second kappa shape index (κ2) is 17.7. The van der Waals surface area contributed by atoms with Gasteiger partial charge >= 0.3 is 0 Å². The Morgan fingerprint density at radius 2 is 1.70 bits per heavy atom. The number of fused-ring (bicyclic) bond motifs is 1. The molecule has 3 aliphatic heterocycles. The first-order valence-electron chi connectivity index (χ1n) is 21.1. The number of hydrogen-bond acceptors (Lipinski definition) is 12. The van der Waals surface area contributed by atoms with Gasteiger partial charge < -0.3 is 24.8 Å². The van der Waals surface area contributed by atoms with Crippen molar-refractivity contribution in [3.05, 3.63) is 76.2 Å². The third kappa shape index (κ3) is 8.91. The molecular formula is C44H51ClN8O7. The van der Waals surface area contributed by atoms with Crippen LogP contribution in [-0.2, 0) is 9.59 Å². The molecule has 5 aliphatic rings. The van der Waals surface area contributed by atoms with E-state index in [-0.39, 0.29) is 42.9 Å². The third-order valence-electron chi connectivity index (χ3n) is 12.7. The third-order valence-corrected chi connectivity index (χ3v) is 13.0. The first kappa shape index (κ1) is 41.4. The molecule has 0 spiro atoms. The summed E-state index contributed by atoms with van der Waals surface area (Å²) in [5.74, 6) is 0.916. The minimum Gasteiger partial charge on any atom is -0.490 e. The number of hydrogen-bond donors (Lipinski definition) is 3. The largest absolute Gasteiger partial charge is 0.490 e. The number of imide groups is 1. The van der Waals surface area contributed by atoms with Gasteiger partial charge in [-0.25, -0.2) is 9.97 Å². The zero-order chi connectivity index (χ0) is 42.1. The lowest BCUT2D eigenvalue weighted by Crippen LogP contribution is -2.53. The summed E-state index contributed by atoms with van der Waals surface area (Å²) >= 11 is 6.15. The van der Waals surface area contributed by atoms with Crippen LogP contribution in [-0.4, -0.2) is 105 Å². The Bertz CT molecular complexity index is 2140. The molecule has 0 radical (unpaired) electrons. The molecule has 2 saturated heterocycles. The number of aliphatic hydroxyl groups is 1. The molecule has 1 aromatic heterocycles. The fraction of sp³-hybridized carbons (Fsp3) is 0.523. The van der Waals surface area contributed by atoms with Crippen LogP contribution in [0.15, 0.2) is 48.8 Å². The molecule has 2 aromatic carbocycles. The lowest BCUT2D eigenvalue weighted by molar-refractivity contribution is -0.139. The number of aromatic nitrogens is 2. The normalized spacial score (nSPS) is 25.7. The van der Waals surface area contributed by atoms with Crippen molar-refractivity contribution in [2.75, 3.05) is 24.5 Å². The number of aliphatic hydroxyl groups excluding tert-OH is 1. The summed E-state index contributed by atoms with van der Waals surface area (Å²) in [5.41, 5.74) is 1.46. The number of carbonyl (C=O) groups is 4. The maximum absolute atomic E-state index is 13.1. The first-order valence-corrected chi connectivity index (χ1v) is 21.5. The number of ether oxygens (including phenoxy) is 2. The average Bonchev–Trinajstić information content (AvgIpc) is 3.47. The van der Waals surface area contributed by atoms with Gasteiger partial charge in [-0.2, -0.15) is 5.26 Å². The van der Waals surface area contributed by atoms with E-state index < -0.39 is 24.1 Å². The molecule has 316 valence electrons. The number of rotatable bonds is 12. The molecule has 16 heteroatoms. The molecule has 4 fully saturated rings. The van der Waals surface area contributed by atoms with Crippen LogP contribution in [0.25, 0.3) is 0 Å². The Labute approximate surface area is 354 Å². The summed E-state index contributed by atoms with van der Waals surface area (Å²) in [6, 6.07) is 12.1. The number of carbonyl (C=O) groups excluding carboxylic acids is 4. The second-order valence-electron chi connectivity index (χ2n) is 17.0. The van der Waals surface area contributed by atoms with Crippen molar-refractivity contribution in [2.24, 2.45) is 5.92 Å². The standard InChI is InChI=1S/C44H51ClN8O7/c1-25(2)52(29-17-33(18-29)60-31-9-10-34-35(19-31)44(58)53(43(34)57)38-11-12-40(54)50-42(38)56)24-26-13-15-51(16-14-26)39-23-47-37(22-48-39)41(55)49-28-4-7-30(8-5-28)59-32-6-3-27(21-46)36(45)20-32/h3,6,9-10,19-20,22-23,25-26,28-30,33,38,44,58H,4-5,7-8,11-18,24H2,1-2H3,(H,49,55)(H,50,54,56)/t28-,29-,30-,33-,38?,44?. The van der Waals surface area contributed by atoms with Gasteiger partial charge in [0.25, 0.3) is 11.8 Å². The highest BCUT2D eigenvalue weighted by molar-refractivity contribution is 6.31. The Hall–Kier alpha value is -5.30. The summed E-state index contributed by atoms with van der Waals surface area (Å²) in [5, 5.41) is 25.9. The van der Waals surface area contributed by atoms with Crippen LogP contribution < -0.4 is 25.0 Å². The second-order valence-corrected chi connectivity index (χ2v) is 17.4. The lowest BCUT2D eigenvalue weighted by Gasteiger charge is -2.46. The number of benzene rings is 2. The van der Waals surface area contributed by atoms with Crippen LogP contribution >= 0.6 is 11.6 Å². The zero-order valence-corrected chi connectivity index (χ0v) is 34.6. The molecule has 0 bridgehead atoms. The fourth-order valence-corrected chi connectivity index (χ4v) is 9.45. The average molecular weight is 839 g/mol. The van der Waals surface area contributed by atoms with E-state index in [0.717, 1.165) is 81.7 Å². The summed E-state index contributed by atoms with van der Waals surface area (Å²) in [6.45, 7) is 7.19. The van der Waals surface area contributed by atoms with Gasteiger partial charge in [0.05, 0.1) is 29.1 Å². The maximum atomic E-state index is 13.1. The smallest absolute Gasteiger partial charge is 0.271 e. The number of nitriles is 1. The van der Waals surface area contributed by atoms with Crippen LogP contribution in [0.3, 0.4) is 0 Å². The molecule has 2 aliphatic carbocycles. The number of anilines is 1. The molecule has 2 unspecified atom stereocenters. The number of amides is 4. The van der Waals surface area contributed by atoms with E-state index in [2.05, 4.69) is 50.3 Å². The highest BCUT2D eigenvalue weighted by atomic mass is 35.5. The predicted molar refractivity (Wildman–Crippen MR) is 220 cm³/mol. The number of nitrogens with one attached hydrogen (secondary N) is 2. The van der Waals surface area contributed by atoms with E-state index in [9.17, 15) is 24.3 Å². The van der Waals surface area contributed by atoms with E-state index >= 15 is 0 Å². The highest BCUT2D eigenvalue weighted by Gasteiger charge is 2.45. The van der Waals surface area contributed by atoms with Gasteiger partial charge in [-0.05, 0) is 95.0 Å². The summed E-state index contributed by atoms with van der Waals surface area (Å²) in [7, 11) is 0. The molecule has 15 nitrogen and oxygen atoms in total. The van der Waals surface area contributed by atoms with Gasteiger partial charge in [0, 0.05) is 74.2 Å². The van der Waals surface area contributed by atoms with Crippen LogP contribution in [0.2, 0.25) is 5.02 Å². The van der Waals surface area contributed by atoms with Crippen molar-refractivity contribution in [3.63, 3.8) is 0 Å². The predicted octanol–water partition coefficient (Wildman–Crippen LogP) is 4.91. The molecule has 3 aromatic rings. The summed E-state index contributed by atoms with van der Waals surface area (Å²) < 4.78 is 12.4. The van der Waals surface area contributed by atoms with Crippen molar-refractivity contribution in [1.82, 2.24) is 30.4 Å². The molecular weight excluding hydrogens is 788 g/mol. The Morgan fingerprint density at radius 1 is 0.983 bits per heavy atom. The molecule has 4 heterocycles. The zero-order valence-electron chi connectivity index (χ0n) is 33.9. The Morgan fingerprint density at radius 3 is 2.37 bits per heavy atom. The fourth-order valence-electron chi connectivity index (χ4n) is 9.24. The number of nitrogens with zero attached hydrogens (tertiary/aromatic N) is 6. The van der Waals surface area contributed by atoms with E-state index in [1.54, 1.807) is 48.8 Å². The Balaban J connectivity index is 0.760. The van der Waals surface area contributed by atoms with E-state index in [4.69, 9.17) is 26.3 Å². The topological polar surface area (TPSA) is 190 Å². The van der Waals surface area contributed by atoms with Gasteiger partial charge in [-0.1, -0.05) is 11.6 Å². The van der Waals surface area contributed by atoms with Gasteiger partial charge in [-0.3, -0.25) is 34.3 Å². The SMILES string of the molecule is CC(C)N(CC1CCN(c2cnc(C(=O)N[C@H]3CC[C@H](Oc4ccc(C#N)c(Cl)c4)CC3)cn2)CC1)[C@H]1C[C@H](Oc2ccc3c(c2)C(O)N(C2CCC(=O)NC2=O)C3=O)C1. The van der Waals surface area contributed by atoms with Gasteiger partial charge in [-0.15, -0.1) is 0 Å². The van der Waals surface area contributed by atoms with Crippen molar-refractivity contribution >= 4 is 41.0 Å². The van der Waals surface area contributed by atoms with E-state index in [1.165, 1.54) is 0 Å². The number of halogens is 1. The van der Waals surface area contributed by atoms with E-state index in [0.29, 0.717) is 56.9 Å². The minimum atomic E-state index is -1.29. The van der Waals surface area contributed by atoms with Crippen molar-refractivity contribution in [2.45, 2.75) is 121 Å². The first-order chi connectivity index (χ1) is 28.9. The molecule has 8 rings (SSSR count). The quantitative estimate of drug-likeness (QED) is 0.209. The summed E-state index contributed by atoms with van der Waals surface area (Å²) in [4.78, 5) is 65.4. The van der Waals surface area contributed by atoms with Crippen molar-refractivity contribution in [1.29, 1.82) is 5.26 Å². The summed E-state index contributed by atoms with van der Waals surface area (Å²) in [6.07, 6.45) is 9.23. The highest BCUT2D eigenvalue weighted by Crippen LogP contribution is 2.39. The van der Waals surface area contributed by atoms with Crippen LogP contribution in [0.5, 0.6) is 11.5 Å². The van der Waals surface area contributed by atoms with Crippen LogP contribution in [0, 0.1) is 17.2 Å². The number of piperidine rings is 2. The van der Waals surface area contributed by atoms with Crippen LogP contribution in [0.1, 0.15) is 116 Å². The van der Waals surface area contributed by atoms with Crippen LogP contribution in [0.4, 0.5) is 5.82 Å². The molecule has 2 atom stereocenters. The monoisotopic (exact) mass is 838 g/mol. The molecule has 3 N–H and O–H groups in total. The van der Waals surface area contributed by atoms with E-state index in [1.807, 2.05) is 0 Å². The lowest BCUT2D eigenvalue weighted by atomic mass is 9.85. The Kier molecular flexibility index (Phi) is 12.2. The van der Waals surface area contributed by atoms with Gasteiger partial charge in [0.2, 0.25) is 11.8 Å². The van der Waals surface area contributed by atoms with Crippen molar-refractivity contribution in [3.8, 4) is 17.6 Å². The van der Waals surface area contributed by atoms with Crippen molar-refractivity contribution < 1.29 is 33.8 Å². The minimum absolute atomic E-state index is 0.0106. The maximum Gasteiger partial charge on any atom is 0.271 e. The molecule has 4 amide bonds. The molecule has 60 heavy (non-hydrogen) atoms.